The van der Waals surface area contributed by atoms with Gasteiger partial charge in [-0.05, 0) is 66.3 Å². The van der Waals surface area contributed by atoms with E-state index in [-0.39, 0.29) is 23.0 Å². The number of benzene rings is 1. The summed E-state index contributed by atoms with van der Waals surface area (Å²) in [6.45, 7) is 5.54. The Labute approximate surface area is 178 Å². The van der Waals surface area contributed by atoms with Gasteiger partial charge in [-0.15, -0.1) is 0 Å². The van der Waals surface area contributed by atoms with Crippen LogP contribution in [-0.4, -0.2) is 29.9 Å². The highest BCUT2D eigenvalue weighted by atomic mass is 16.5. The predicted octanol–water partition coefficient (Wildman–Crippen LogP) is 4.54. The summed E-state index contributed by atoms with van der Waals surface area (Å²) in [6.07, 6.45) is 4.67. The quantitative estimate of drug-likeness (QED) is 0.785. The summed E-state index contributed by atoms with van der Waals surface area (Å²) in [5.41, 5.74) is 1.95. The van der Waals surface area contributed by atoms with E-state index in [1.165, 1.54) is 0 Å². The highest BCUT2D eigenvalue weighted by Gasteiger charge is 2.68. The Morgan fingerprint density at radius 3 is 2.80 bits per heavy atom. The fourth-order valence-corrected chi connectivity index (χ4v) is 6.37. The zero-order valence-electron chi connectivity index (χ0n) is 18.0. The Balaban J connectivity index is 1.42. The third-order valence-electron chi connectivity index (χ3n) is 8.05. The molecule has 1 saturated heterocycles. The maximum Gasteiger partial charge on any atom is 0.162 e. The fraction of sp³-hybridized carbons (Fsp3) is 0.560. The van der Waals surface area contributed by atoms with E-state index in [2.05, 4.69) is 31.0 Å². The Morgan fingerprint density at radius 2 is 2.07 bits per heavy atom. The van der Waals surface area contributed by atoms with Crippen LogP contribution < -0.4 is 9.47 Å². The minimum atomic E-state index is -0.265. The molecule has 5 heteroatoms. The number of aliphatic hydroxyl groups is 1. The van der Waals surface area contributed by atoms with Crippen LogP contribution in [0.2, 0.25) is 0 Å². The largest absolute Gasteiger partial charge is 0.493 e. The molecule has 2 bridgehead atoms. The third kappa shape index (κ3) is 2.94. The first kappa shape index (κ1) is 19.8. The number of rotatable bonds is 5. The molecule has 1 aromatic heterocycles. The molecule has 5 rings (SSSR count). The molecular formula is C25H31NO4. The van der Waals surface area contributed by atoms with Gasteiger partial charge in [0.15, 0.2) is 11.5 Å². The molecule has 5 atom stereocenters. The molecule has 2 saturated carbocycles. The van der Waals surface area contributed by atoms with Gasteiger partial charge in [-0.2, -0.15) is 0 Å². The van der Waals surface area contributed by atoms with Crippen LogP contribution in [0.1, 0.15) is 50.5 Å². The average molecular weight is 410 g/mol. The first-order valence-electron chi connectivity index (χ1n) is 11.0. The van der Waals surface area contributed by atoms with E-state index in [1.54, 1.807) is 13.3 Å². The van der Waals surface area contributed by atoms with Gasteiger partial charge in [0.25, 0.3) is 0 Å². The van der Waals surface area contributed by atoms with Gasteiger partial charge in [-0.3, -0.25) is 4.98 Å². The van der Waals surface area contributed by atoms with Crippen molar-refractivity contribution in [2.24, 2.45) is 22.7 Å². The smallest absolute Gasteiger partial charge is 0.162 e. The molecule has 1 aliphatic heterocycles. The number of fused-ring (bicyclic) bond motifs is 1. The van der Waals surface area contributed by atoms with Gasteiger partial charge >= 0.3 is 0 Å². The van der Waals surface area contributed by atoms with Crippen LogP contribution in [0.25, 0.3) is 0 Å². The summed E-state index contributed by atoms with van der Waals surface area (Å²) in [6, 6.07) is 11.9. The highest BCUT2D eigenvalue weighted by Crippen LogP contribution is 2.70. The molecule has 30 heavy (non-hydrogen) atoms. The van der Waals surface area contributed by atoms with Crippen molar-refractivity contribution in [3.63, 3.8) is 0 Å². The molecule has 0 amide bonds. The molecule has 5 nitrogen and oxygen atoms in total. The van der Waals surface area contributed by atoms with Gasteiger partial charge in [0, 0.05) is 18.2 Å². The number of hydrogen-bond acceptors (Lipinski definition) is 5. The number of aliphatic hydroxyl groups excluding tert-OH is 1. The second kappa shape index (κ2) is 7.24. The van der Waals surface area contributed by atoms with Gasteiger partial charge in [0.2, 0.25) is 0 Å². The van der Waals surface area contributed by atoms with Crippen LogP contribution in [0, 0.1) is 22.7 Å². The van der Waals surface area contributed by atoms with E-state index in [0.29, 0.717) is 36.5 Å². The van der Waals surface area contributed by atoms with Gasteiger partial charge in [-0.25, -0.2) is 0 Å². The zero-order chi connectivity index (χ0) is 20.9. The van der Waals surface area contributed by atoms with Crippen LogP contribution in [0.15, 0.2) is 42.6 Å². The van der Waals surface area contributed by atoms with Crippen molar-refractivity contribution in [3.05, 3.63) is 53.9 Å². The summed E-state index contributed by atoms with van der Waals surface area (Å²) in [5.74, 6) is 2.30. The van der Waals surface area contributed by atoms with Gasteiger partial charge in [0.05, 0.1) is 25.0 Å². The van der Waals surface area contributed by atoms with E-state index < -0.39 is 0 Å². The van der Waals surface area contributed by atoms with E-state index >= 15 is 0 Å². The molecule has 1 spiro atoms. The minimum Gasteiger partial charge on any atom is -0.493 e. The van der Waals surface area contributed by atoms with Crippen molar-refractivity contribution in [1.29, 1.82) is 0 Å². The number of ether oxygens (including phenoxy) is 3. The van der Waals surface area contributed by atoms with E-state index in [0.717, 1.165) is 30.5 Å². The van der Waals surface area contributed by atoms with E-state index in [1.807, 2.05) is 24.3 Å². The lowest BCUT2D eigenvalue weighted by atomic mass is 9.60. The number of hydrogen-bond donors (Lipinski definition) is 1. The van der Waals surface area contributed by atoms with Crippen molar-refractivity contribution in [3.8, 4) is 11.5 Å². The van der Waals surface area contributed by atoms with Crippen LogP contribution >= 0.6 is 0 Å². The van der Waals surface area contributed by atoms with Crippen molar-refractivity contribution in [2.45, 2.75) is 51.9 Å². The molecule has 160 valence electrons. The summed E-state index contributed by atoms with van der Waals surface area (Å²) < 4.78 is 17.9. The van der Waals surface area contributed by atoms with Crippen LogP contribution in [0.5, 0.6) is 11.5 Å². The Kier molecular flexibility index (Phi) is 4.79. The number of methoxy groups -OCH3 is 1. The average Bonchev–Trinajstić information content (AvgIpc) is 3.26. The summed E-state index contributed by atoms with van der Waals surface area (Å²) in [4.78, 5) is 4.33. The molecule has 2 aromatic rings. The topological polar surface area (TPSA) is 60.8 Å². The molecular weight excluding hydrogens is 378 g/mol. The lowest BCUT2D eigenvalue weighted by molar-refractivity contribution is -0.164. The molecule has 1 N–H and O–H groups in total. The Hall–Kier alpha value is -2.11. The lowest BCUT2D eigenvalue weighted by Crippen LogP contribution is -2.51. The van der Waals surface area contributed by atoms with Crippen molar-refractivity contribution >= 4 is 0 Å². The maximum atomic E-state index is 11.2. The van der Waals surface area contributed by atoms with Crippen LogP contribution in [0.4, 0.5) is 0 Å². The fourth-order valence-electron chi connectivity index (χ4n) is 6.37. The van der Waals surface area contributed by atoms with Crippen molar-refractivity contribution in [2.75, 3.05) is 13.7 Å². The molecule has 2 heterocycles. The predicted molar refractivity (Wildman–Crippen MR) is 113 cm³/mol. The SMILES string of the molecule is COc1ccc([C@H]2OCCC34C[C@@H](C[C@H]23)C(C)(C)[C@H]4O)cc1OCc1ccccn1. The minimum absolute atomic E-state index is 0.00471. The molecule has 3 aliphatic rings. The highest BCUT2D eigenvalue weighted by molar-refractivity contribution is 5.44. The number of aromatic nitrogens is 1. The normalized spacial score (nSPS) is 33.9. The van der Waals surface area contributed by atoms with Crippen LogP contribution in [-0.2, 0) is 11.3 Å². The standard InChI is InChI=1S/C25H31NO4/c1-24(2)17-13-19-22(29-11-9-25(19,14-17)23(24)27)16-7-8-20(28-3)21(12-16)30-15-18-6-4-5-10-26-18/h4-8,10,12,17,19,22-23,27H,9,11,13-15H2,1-3H3/t17-,19-,22-,23-,25?/m1/s1. The van der Waals surface area contributed by atoms with E-state index in [4.69, 9.17) is 14.2 Å². The summed E-state index contributed by atoms with van der Waals surface area (Å²) in [5, 5.41) is 11.2. The molecule has 3 fully saturated rings. The van der Waals surface area contributed by atoms with Gasteiger partial charge in [-0.1, -0.05) is 26.0 Å². The first-order valence-corrected chi connectivity index (χ1v) is 11.0. The Bertz CT molecular complexity index is 915. The monoisotopic (exact) mass is 409 g/mol. The van der Waals surface area contributed by atoms with Crippen molar-refractivity contribution < 1.29 is 19.3 Å². The lowest BCUT2D eigenvalue weighted by Gasteiger charge is -2.51. The maximum absolute atomic E-state index is 11.2. The molecule has 1 unspecified atom stereocenters. The Morgan fingerprint density at radius 1 is 1.20 bits per heavy atom. The third-order valence-corrected chi connectivity index (χ3v) is 8.05. The first-order chi connectivity index (χ1) is 14.5. The van der Waals surface area contributed by atoms with Crippen molar-refractivity contribution in [1.82, 2.24) is 4.98 Å². The molecule has 0 radical (unpaired) electrons. The second-order valence-electron chi connectivity index (χ2n) is 9.76. The van der Waals surface area contributed by atoms with E-state index in [9.17, 15) is 5.11 Å². The summed E-state index contributed by atoms with van der Waals surface area (Å²) >= 11 is 0. The van der Waals surface area contributed by atoms with Gasteiger partial charge < -0.3 is 19.3 Å². The number of nitrogens with zero attached hydrogens (tertiary/aromatic N) is 1. The molecule has 2 aliphatic carbocycles. The van der Waals surface area contributed by atoms with Crippen LogP contribution in [0.3, 0.4) is 0 Å². The number of pyridine rings is 1. The van der Waals surface area contributed by atoms with Gasteiger partial charge in [0.1, 0.15) is 6.61 Å². The zero-order valence-corrected chi connectivity index (χ0v) is 18.0. The second-order valence-corrected chi connectivity index (χ2v) is 9.76. The summed E-state index contributed by atoms with van der Waals surface area (Å²) in [7, 11) is 1.66. The molecule has 1 aromatic carbocycles.